The lowest BCUT2D eigenvalue weighted by Crippen LogP contribution is -2.13. The Morgan fingerprint density at radius 1 is 1.27 bits per heavy atom. The summed E-state index contributed by atoms with van der Waals surface area (Å²) in [6, 6.07) is 11.6. The third-order valence-corrected chi connectivity index (χ3v) is 3.90. The third-order valence-electron chi connectivity index (χ3n) is 3.90. The molecule has 0 bridgehead atoms. The fraction of sp³-hybridized carbons (Fsp3) is 0.222. The van der Waals surface area contributed by atoms with Gasteiger partial charge in [0.05, 0.1) is 7.11 Å². The summed E-state index contributed by atoms with van der Waals surface area (Å²) < 4.78 is 20.5. The molecule has 0 unspecified atom stereocenters. The van der Waals surface area contributed by atoms with Crippen LogP contribution in [0.4, 0.5) is 10.1 Å². The number of nitrogens with zero attached hydrogens (tertiary/aromatic N) is 4. The van der Waals surface area contributed by atoms with Crippen molar-refractivity contribution in [1.29, 1.82) is 0 Å². The molecule has 0 aliphatic heterocycles. The summed E-state index contributed by atoms with van der Waals surface area (Å²) >= 11 is 0. The fourth-order valence-corrected chi connectivity index (χ4v) is 2.56. The number of aryl methyl sites for hydroxylation is 2. The molecule has 0 radical (unpaired) electrons. The topological polar surface area (TPSA) is 81.9 Å². The van der Waals surface area contributed by atoms with Crippen LogP contribution in [-0.4, -0.2) is 33.2 Å². The van der Waals surface area contributed by atoms with Gasteiger partial charge in [-0.1, -0.05) is 18.2 Å². The summed E-state index contributed by atoms with van der Waals surface area (Å²) in [4.78, 5) is 12.2. The molecule has 3 rings (SSSR count). The number of aromatic nitrogens is 4. The Balaban J connectivity index is 1.73. The van der Waals surface area contributed by atoms with E-state index in [2.05, 4.69) is 20.8 Å². The molecule has 7 nitrogen and oxygen atoms in total. The highest BCUT2D eigenvalue weighted by Gasteiger charge is 2.13. The molecular formula is C18H18FN5O2. The highest BCUT2D eigenvalue weighted by Crippen LogP contribution is 2.26. The summed E-state index contributed by atoms with van der Waals surface area (Å²) in [7, 11) is 1.55. The normalized spacial score (nSPS) is 10.6. The van der Waals surface area contributed by atoms with Gasteiger partial charge in [0.2, 0.25) is 5.91 Å². The summed E-state index contributed by atoms with van der Waals surface area (Å²) in [6.45, 7) is 1.76. The number of amides is 1. The van der Waals surface area contributed by atoms with Gasteiger partial charge in [0, 0.05) is 12.1 Å². The molecule has 1 aromatic heterocycles. The third kappa shape index (κ3) is 3.85. The van der Waals surface area contributed by atoms with E-state index in [-0.39, 0.29) is 18.1 Å². The molecule has 0 fully saturated rings. The average Bonchev–Trinajstić information content (AvgIpc) is 3.07. The number of carbonyl (C=O) groups is 1. The quantitative estimate of drug-likeness (QED) is 0.735. The predicted molar refractivity (Wildman–Crippen MR) is 93.8 cm³/mol. The largest absolute Gasteiger partial charge is 0.494 e. The number of anilines is 1. The number of hydrogen-bond acceptors (Lipinski definition) is 5. The van der Waals surface area contributed by atoms with Gasteiger partial charge in [-0.3, -0.25) is 4.79 Å². The lowest BCUT2D eigenvalue weighted by atomic mass is 10.1. The first-order valence-corrected chi connectivity index (χ1v) is 8.05. The molecule has 0 saturated heterocycles. The molecule has 0 aliphatic carbocycles. The number of hydrogen-bond donors (Lipinski definition) is 1. The number of nitrogens with one attached hydrogen (secondary N) is 1. The monoisotopic (exact) mass is 355 g/mol. The number of methoxy groups -OCH3 is 1. The van der Waals surface area contributed by atoms with Crippen molar-refractivity contribution >= 4 is 11.6 Å². The Kier molecular flexibility index (Phi) is 5.21. The van der Waals surface area contributed by atoms with Crippen LogP contribution in [0.1, 0.15) is 17.8 Å². The lowest BCUT2D eigenvalue weighted by Gasteiger charge is -2.12. The van der Waals surface area contributed by atoms with Crippen molar-refractivity contribution < 1.29 is 13.9 Å². The minimum atomic E-state index is -0.304. The second-order valence-corrected chi connectivity index (χ2v) is 5.66. The van der Waals surface area contributed by atoms with E-state index >= 15 is 0 Å². The SMILES string of the molecule is COc1ccc(NC(=O)CCc2ccccc2F)cc1-n1nnnc1C. The minimum absolute atomic E-state index is 0.173. The molecule has 0 atom stereocenters. The van der Waals surface area contributed by atoms with Gasteiger partial charge in [0.1, 0.15) is 17.3 Å². The Labute approximate surface area is 149 Å². The van der Waals surface area contributed by atoms with Crippen LogP contribution in [0.3, 0.4) is 0 Å². The van der Waals surface area contributed by atoms with Gasteiger partial charge in [-0.15, -0.1) is 5.10 Å². The molecular weight excluding hydrogens is 337 g/mol. The fourth-order valence-electron chi connectivity index (χ4n) is 2.56. The summed E-state index contributed by atoms with van der Waals surface area (Å²) in [5.74, 6) is 0.648. The zero-order valence-corrected chi connectivity index (χ0v) is 14.4. The van der Waals surface area contributed by atoms with Crippen LogP contribution in [0.5, 0.6) is 5.75 Å². The molecule has 3 aromatic rings. The van der Waals surface area contributed by atoms with Gasteiger partial charge in [-0.05, 0) is 53.6 Å². The zero-order valence-electron chi connectivity index (χ0n) is 14.4. The molecule has 1 amide bonds. The molecule has 134 valence electrons. The lowest BCUT2D eigenvalue weighted by molar-refractivity contribution is -0.116. The molecule has 0 saturated carbocycles. The van der Waals surface area contributed by atoms with Crippen LogP contribution in [0.25, 0.3) is 5.69 Å². The maximum atomic E-state index is 13.6. The van der Waals surface area contributed by atoms with E-state index in [0.717, 1.165) is 0 Å². The van der Waals surface area contributed by atoms with E-state index in [4.69, 9.17) is 4.74 Å². The Morgan fingerprint density at radius 2 is 2.08 bits per heavy atom. The molecule has 26 heavy (non-hydrogen) atoms. The maximum Gasteiger partial charge on any atom is 0.224 e. The van der Waals surface area contributed by atoms with Gasteiger partial charge in [0.15, 0.2) is 5.82 Å². The van der Waals surface area contributed by atoms with E-state index in [0.29, 0.717) is 34.9 Å². The number of halogens is 1. The Morgan fingerprint density at radius 3 is 2.77 bits per heavy atom. The first-order valence-electron chi connectivity index (χ1n) is 8.05. The van der Waals surface area contributed by atoms with E-state index in [1.165, 1.54) is 10.7 Å². The Bertz CT molecular complexity index is 925. The summed E-state index contributed by atoms with van der Waals surface area (Å²) in [5.41, 5.74) is 1.71. The van der Waals surface area contributed by atoms with Crippen molar-refractivity contribution in [3.8, 4) is 11.4 Å². The van der Waals surface area contributed by atoms with Crippen LogP contribution in [-0.2, 0) is 11.2 Å². The number of carbonyl (C=O) groups excluding carboxylic acids is 1. The Hall–Kier alpha value is -3.29. The maximum absolute atomic E-state index is 13.6. The van der Waals surface area contributed by atoms with Crippen LogP contribution in [0, 0.1) is 12.7 Å². The van der Waals surface area contributed by atoms with Crippen molar-refractivity contribution in [2.75, 3.05) is 12.4 Å². The number of benzene rings is 2. The first-order chi connectivity index (χ1) is 12.6. The average molecular weight is 355 g/mol. The van der Waals surface area contributed by atoms with Crippen LogP contribution in [0.15, 0.2) is 42.5 Å². The first kappa shape index (κ1) is 17.5. The smallest absolute Gasteiger partial charge is 0.224 e. The molecule has 8 heteroatoms. The van der Waals surface area contributed by atoms with Crippen molar-refractivity contribution in [1.82, 2.24) is 20.2 Å². The molecule has 1 heterocycles. The van der Waals surface area contributed by atoms with Crippen molar-refractivity contribution in [3.05, 3.63) is 59.7 Å². The van der Waals surface area contributed by atoms with Gasteiger partial charge in [-0.25, -0.2) is 4.39 Å². The molecule has 0 spiro atoms. The van der Waals surface area contributed by atoms with E-state index < -0.39 is 0 Å². The van der Waals surface area contributed by atoms with Crippen molar-refractivity contribution in [2.24, 2.45) is 0 Å². The van der Waals surface area contributed by atoms with Crippen molar-refractivity contribution in [3.63, 3.8) is 0 Å². The van der Waals surface area contributed by atoms with Crippen LogP contribution in [0.2, 0.25) is 0 Å². The summed E-state index contributed by atoms with van der Waals surface area (Å²) in [5, 5.41) is 14.2. The molecule has 2 aromatic carbocycles. The van der Waals surface area contributed by atoms with Gasteiger partial charge >= 0.3 is 0 Å². The second-order valence-electron chi connectivity index (χ2n) is 5.66. The molecule has 1 N–H and O–H groups in total. The summed E-state index contributed by atoms with van der Waals surface area (Å²) in [6.07, 6.45) is 0.500. The highest BCUT2D eigenvalue weighted by molar-refractivity contribution is 5.91. The number of rotatable bonds is 6. The van der Waals surface area contributed by atoms with Gasteiger partial charge < -0.3 is 10.1 Å². The van der Waals surface area contributed by atoms with E-state index in [1.807, 2.05) is 0 Å². The zero-order chi connectivity index (χ0) is 18.5. The van der Waals surface area contributed by atoms with Gasteiger partial charge in [-0.2, -0.15) is 4.68 Å². The van der Waals surface area contributed by atoms with Crippen LogP contribution >= 0.6 is 0 Å². The predicted octanol–water partition coefficient (Wildman–Crippen LogP) is 2.69. The highest BCUT2D eigenvalue weighted by atomic mass is 19.1. The minimum Gasteiger partial charge on any atom is -0.494 e. The van der Waals surface area contributed by atoms with Crippen LogP contribution < -0.4 is 10.1 Å². The van der Waals surface area contributed by atoms with Crippen molar-refractivity contribution in [2.45, 2.75) is 19.8 Å². The van der Waals surface area contributed by atoms with E-state index in [9.17, 15) is 9.18 Å². The second kappa shape index (κ2) is 7.73. The standard InChI is InChI=1S/C18H18FN5O2/c1-12-21-22-23-24(12)16-11-14(8-9-17(16)26-2)20-18(25)10-7-13-5-3-4-6-15(13)19/h3-6,8-9,11H,7,10H2,1-2H3,(H,20,25). The van der Waals surface area contributed by atoms with E-state index in [1.54, 1.807) is 50.4 Å². The van der Waals surface area contributed by atoms with Gasteiger partial charge in [0.25, 0.3) is 0 Å². The molecule has 0 aliphatic rings. The number of ether oxygens (including phenoxy) is 1. The number of tetrazole rings is 1.